The third kappa shape index (κ3) is 2.30. The molecule has 0 heterocycles. The van der Waals surface area contributed by atoms with E-state index in [0.29, 0.717) is 23.1 Å². The first kappa shape index (κ1) is 12.4. The van der Waals surface area contributed by atoms with Crippen molar-refractivity contribution in [3.63, 3.8) is 0 Å². The van der Waals surface area contributed by atoms with Gasteiger partial charge < -0.3 is 0 Å². The molecule has 0 bridgehead atoms. The molecule has 3 nitrogen and oxygen atoms in total. The first-order chi connectivity index (χ1) is 8.63. The van der Waals surface area contributed by atoms with Crippen LogP contribution in [0.2, 0.25) is 0 Å². The molecular weight excluding hydrogens is 228 g/mol. The van der Waals surface area contributed by atoms with Crippen LogP contribution in [0.5, 0.6) is 0 Å². The van der Waals surface area contributed by atoms with Crippen LogP contribution in [0.1, 0.15) is 46.9 Å². The molecule has 0 atom stereocenters. The lowest BCUT2D eigenvalue weighted by Crippen LogP contribution is -2.18. The zero-order valence-corrected chi connectivity index (χ0v) is 10.2. The highest BCUT2D eigenvalue weighted by molar-refractivity contribution is 6.25. The van der Waals surface area contributed by atoms with E-state index in [1.807, 2.05) is 6.92 Å². The summed E-state index contributed by atoms with van der Waals surface area (Å²) in [6.45, 7) is 1.91. The molecule has 0 aliphatic heterocycles. The van der Waals surface area contributed by atoms with E-state index in [1.54, 1.807) is 24.3 Å². The van der Waals surface area contributed by atoms with Gasteiger partial charge in [-0.25, -0.2) is 0 Å². The molecule has 0 amide bonds. The molecule has 2 rings (SSSR count). The Morgan fingerprint density at radius 1 is 1.11 bits per heavy atom. The van der Waals surface area contributed by atoms with Crippen LogP contribution in [-0.4, -0.2) is 17.3 Å². The summed E-state index contributed by atoms with van der Waals surface area (Å²) in [5, 5.41) is 0. The van der Waals surface area contributed by atoms with Crippen molar-refractivity contribution in [3.05, 3.63) is 47.0 Å². The predicted octanol–water partition coefficient (Wildman–Crippen LogP) is 2.75. The molecule has 1 aromatic rings. The number of rotatable bonds is 4. The number of carbonyl (C=O) groups is 3. The SMILES string of the molecule is CCCC(=O)CC1=CC(=O)c2ccccc2C1=O. The Labute approximate surface area is 106 Å². The first-order valence-electron chi connectivity index (χ1n) is 6.03. The van der Waals surface area contributed by atoms with Gasteiger partial charge in [0.1, 0.15) is 5.78 Å². The highest BCUT2D eigenvalue weighted by Crippen LogP contribution is 2.23. The molecule has 0 spiro atoms. The van der Waals surface area contributed by atoms with Crippen LogP contribution >= 0.6 is 0 Å². The Bertz CT molecular complexity index is 553. The minimum absolute atomic E-state index is 0.00396. The smallest absolute Gasteiger partial charge is 0.190 e. The van der Waals surface area contributed by atoms with Gasteiger partial charge in [-0.2, -0.15) is 0 Å². The van der Waals surface area contributed by atoms with Crippen LogP contribution in [0.25, 0.3) is 0 Å². The Morgan fingerprint density at radius 3 is 2.44 bits per heavy atom. The second-order valence-corrected chi connectivity index (χ2v) is 4.37. The van der Waals surface area contributed by atoms with Gasteiger partial charge >= 0.3 is 0 Å². The minimum atomic E-state index is -0.199. The fourth-order valence-electron chi connectivity index (χ4n) is 2.08. The lowest BCUT2D eigenvalue weighted by molar-refractivity contribution is -0.118. The second kappa shape index (κ2) is 5.08. The van der Waals surface area contributed by atoms with Crippen molar-refractivity contribution < 1.29 is 14.4 Å². The van der Waals surface area contributed by atoms with Gasteiger partial charge in [-0.3, -0.25) is 14.4 Å². The van der Waals surface area contributed by atoms with E-state index in [4.69, 9.17) is 0 Å². The molecule has 0 saturated heterocycles. The largest absolute Gasteiger partial charge is 0.299 e. The highest BCUT2D eigenvalue weighted by Gasteiger charge is 2.25. The van der Waals surface area contributed by atoms with Crippen LogP contribution in [0.4, 0.5) is 0 Å². The lowest BCUT2D eigenvalue weighted by atomic mass is 9.87. The average Bonchev–Trinajstić information content (AvgIpc) is 2.36. The molecular formula is C15H14O3. The summed E-state index contributed by atoms with van der Waals surface area (Å²) in [5.74, 6) is -0.386. The summed E-state index contributed by atoms with van der Waals surface area (Å²) in [5.41, 5.74) is 1.15. The van der Waals surface area contributed by atoms with Crippen molar-refractivity contribution in [3.8, 4) is 0 Å². The fourth-order valence-corrected chi connectivity index (χ4v) is 2.08. The normalized spacial score (nSPS) is 14.2. The summed E-state index contributed by atoms with van der Waals surface area (Å²) in [6, 6.07) is 6.72. The van der Waals surface area contributed by atoms with Crippen LogP contribution in [0, 0.1) is 0 Å². The van der Waals surface area contributed by atoms with Gasteiger partial charge in [0, 0.05) is 29.5 Å². The maximum atomic E-state index is 12.1. The van der Waals surface area contributed by atoms with Gasteiger partial charge in [0.05, 0.1) is 0 Å². The van der Waals surface area contributed by atoms with E-state index >= 15 is 0 Å². The third-order valence-corrected chi connectivity index (χ3v) is 2.95. The van der Waals surface area contributed by atoms with E-state index in [1.165, 1.54) is 6.08 Å². The van der Waals surface area contributed by atoms with Gasteiger partial charge in [0.15, 0.2) is 11.6 Å². The van der Waals surface area contributed by atoms with Crippen molar-refractivity contribution in [1.82, 2.24) is 0 Å². The van der Waals surface area contributed by atoms with E-state index in [0.717, 1.165) is 6.42 Å². The summed E-state index contributed by atoms with van der Waals surface area (Å²) < 4.78 is 0. The summed E-state index contributed by atoms with van der Waals surface area (Å²) in [4.78, 5) is 35.5. The number of hydrogen-bond donors (Lipinski definition) is 0. The number of carbonyl (C=O) groups excluding carboxylic acids is 3. The van der Waals surface area contributed by atoms with Crippen molar-refractivity contribution in [1.29, 1.82) is 0 Å². The average molecular weight is 242 g/mol. The Morgan fingerprint density at radius 2 is 1.78 bits per heavy atom. The molecule has 1 aliphatic carbocycles. The van der Waals surface area contributed by atoms with Gasteiger partial charge in [-0.05, 0) is 12.5 Å². The van der Waals surface area contributed by atoms with Crippen molar-refractivity contribution in [2.45, 2.75) is 26.2 Å². The van der Waals surface area contributed by atoms with Crippen molar-refractivity contribution >= 4 is 17.3 Å². The maximum absolute atomic E-state index is 12.1. The van der Waals surface area contributed by atoms with Crippen molar-refractivity contribution in [2.24, 2.45) is 0 Å². The Kier molecular flexibility index (Phi) is 3.51. The molecule has 18 heavy (non-hydrogen) atoms. The Balaban J connectivity index is 2.28. The molecule has 0 saturated carbocycles. The number of Topliss-reactive ketones (excluding diaryl/α,β-unsaturated/α-hetero) is 2. The summed E-state index contributed by atoms with van der Waals surface area (Å²) in [6.07, 6.45) is 2.57. The molecule has 92 valence electrons. The molecule has 1 aliphatic rings. The number of ketones is 3. The minimum Gasteiger partial charge on any atom is -0.299 e. The van der Waals surface area contributed by atoms with E-state index < -0.39 is 0 Å². The molecule has 1 aromatic carbocycles. The molecule has 0 aromatic heterocycles. The number of hydrogen-bond acceptors (Lipinski definition) is 3. The van der Waals surface area contributed by atoms with Gasteiger partial charge in [-0.1, -0.05) is 31.2 Å². The predicted molar refractivity (Wildman–Crippen MR) is 67.7 cm³/mol. The standard InChI is InChI=1S/C15H14O3/c1-2-5-11(16)8-10-9-14(17)12-6-3-4-7-13(12)15(10)18/h3-4,6-7,9H,2,5,8H2,1H3. The molecule has 0 fully saturated rings. The van der Waals surface area contributed by atoms with Gasteiger partial charge in [0.2, 0.25) is 0 Å². The maximum Gasteiger partial charge on any atom is 0.190 e. The second-order valence-electron chi connectivity index (χ2n) is 4.37. The number of benzene rings is 1. The lowest BCUT2D eigenvalue weighted by Gasteiger charge is -2.14. The monoisotopic (exact) mass is 242 g/mol. The third-order valence-electron chi connectivity index (χ3n) is 2.95. The highest BCUT2D eigenvalue weighted by atomic mass is 16.1. The fraction of sp³-hybridized carbons (Fsp3) is 0.267. The van der Waals surface area contributed by atoms with Crippen LogP contribution in [-0.2, 0) is 4.79 Å². The molecule has 0 radical (unpaired) electrons. The van der Waals surface area contributed by atoms with E-state index in [2.05, 4.69) is 0 Å². The van der Waals surface area contributed by atoms with E-state index in [9.17, 15) is 14.4 Å². The topological polar surface area (TPSA) is 51.2 Å². The van der Waals surface area contributed by atoms with Gasteiger partial charge in [-0.15, -0.1) is 0 Å². The quantitative estimate of drug-likeness (QED) is 0.815. The number of allylic oxidation sites excluding steroid dienone is 2. The zero-order valence-electron chi connectivity index (χ0n) is 10.2. The molecule has 0 unspecified atom stereocenters. The van der Waals surface area contributed by atoms with Crippen LogP contribution in [0.15, 0.2) is 35.9 Å². The number of fused-ring (bicyclic) bond motifs is 1. The van der Waals surface area contributed by atoms with Gasteiger partial charge in [0.25, 0.3) is 0 Å². The molecule has 3 heteroatoms. The van der Waals surface area contributed by atoms with Crippen LogP contribution in [0.3, 0.4) is 0 Å². The first-order valence-corrected chi connectivity index (χ1v) is 6.03. The summed E-state index contributed by atoms with van der Waals surface area (Å²) >= 11 is 0. The molecule has 0 N–H and O–H groups in total. The van der Waals surface area contributed by atoms with E-state index in [-0.39, 0.29) is 23.8 Å². The zero-order chi connectivity index (χ0) is 13.1. The Hall–Kier alpha value is -2.03. The van der Waals surface area contributed by atoms with Crippen molar-refractivity contribution in [2.75, 3.05) is 0 Å². The van der Waals surface area contributed by atoms with Crippen LogP contribution < -0.4 is 0 Å². The summed E-state index contributed by atoms with van der Waals surface area (Å²) in [7, 11) is 0.